The summed E-state index contributed by atoms with van der Waals surface area (Å²) < 4.78 is 0. The lowest BCUT2D eigenvalue weighted by Crippen LogP contribution is -2.39. The Morgan fingerprint density at radius 3 is 2.64 bits per heavy atom. The standard InChI is InChI=1S/C12H17NS/c1-6-12(4,5)13-10(3)11-9(2)7-8-14-11/h1,7-8,10,13H,2-5H3. The molecule has 0 radical (unpaired) electrons. The van der Waals surface area contributed by atoms with Crippen LogP contribution in [0.5, 0.6) is 0 Å². The van der Waals surface area contributed by atoms with E-state index in [1.807, 2.05) is 13.8 Å². The van der Waals surface area contributed by atoms with Gasteiger partial charge in [0.25, 0.3) is 0 Å². The fourth-order valence-electron chi connectivity index (χ4n) is 1.48. The van der Waals surface area contributed by atoms with E-state index in [1.165, 1.54) is 10.4 Å². The van der Waals surface area contributed by atoms with Crippen LogP contribution in [-0.4, -0.2) is 5.54 Å². The summed E-state index contributed by atoms with van der Waals surface area (Å²) in [6, 6.07) is 2.46. The largest absolute Gasteiger partial charge is 0.294 e. The second kappa shape index (κ2) is 4.16. The Balaban J connectivity index is 2.74. The minimum atomic E-state index is -0.240. The minimum absolute atomic E-state index is 0.240. The molecule has 0 spiro atoms. The molecule has 76 valence electrons. The van der Waals surface area contributed by atoms with Crippen LogP contribution in [-0.2, 0) is 0 Å². The lowest BCUT2D eigenvalue weighted by Gasteiger charge is -2.25. The fraction of sp³-hybridized carbons (Fsp3) is 0.500. The van der Waals surface area contributed by atoms with E-state index < -0.39 is 0 Å². The van der Waals surface area contributed by atoms with Crippen LogP contribution >= 0.6 is 11.3 Å². The molecule has 0 aliphatic rings. The molecule has 1 heterocycles. The van der Waals surface area contributed by atoms with Crippen LogP contribution in [0.4, 0.5) is 0 Å². The van der Waals surface area contributed by atoms with Crippen LogP contribution in [0.1, 0.15) is 37.3 Å². The van der Waals surface area contributed by atoms with Gasteiger partial charge in [0, 0.05) is 10.9 Å². The molecule has 1 unspecified atom stereocenters. The minimum Gasteiger partial charge on any atom is -0.294 e. The van der Waals surface area contributed by atoms with Gasteiger partial charge in [-0.2, -0.15) is 0 Å². The Hall–Kier alpha value is -0.780. The van der Waals surface area contributed by atoms with E-state index in [2.05, 4.69) is 36.5 Å². The van der Waals surface area contributed by atoms with Crippen LogP contribution in [0.2, 0.25) is 0 Å². The second-order valence-corrected chi connectivity index (χ2v) is 5.05. The number of thiophene rings is 1. The maximum atomic E-state index is 5.44. The normalized spacial score (nSPS) is 13.6. The Morgan fingerprint density at radius 1 is 1.57 bits per heavy atom. The summed E-state index contributed by atoms with van der Waals surface area (Å²) in [6.07, 6.45) is 5.44. The number of nitrogens with one attached hydrogen (secondary N) is 1. The van der Waals surface area contributed by atoms with Crippen molar-refractivity contribution in [3.8, 4) is 12.3 Å². The molecule has 1 nitrogen and oxygen atoms in total. The van der Waals surface area contributed by atoms with Crippen molar-refractivity contribution in [3.05, 3.63) is 21.9 Å². The Morgan fingerprint density at radius 2 is 2.21 bits per heavy atom. The summed E-state index contributed by atoms with van der Waals surface area (Å²) in [5.74, 6) is 2.75. The molecule has 0 fully saturated rings. The van der Waals surface area contributed by atoms with Crippen LogP contribution in [0.15, 0.2) is 11.4 Å². The number of hydrogen-bond donors (Lipinski definition) is 1. The third kappa shape index (κ3) is 2.60. The molecular formula is C12H17NS. The maximum absolute atomic E-state index is 5.44. The highest BCUT2D eigenvalue weighted by atomic mass is 32.1. The molecular weight excluding hydrogens is 190 g/mol. The average Bonchev–Trinajstić information content (AvgIpc) is 2.51. The first-order valence-electron chi connectivity index (χ1n) is 4.76. The van der Waals surface area contributed by atoms with Gasteiger partial charge in [-0.3, -0.25) is 5.32 Å². The van der Waals surface area contributed by atoms with Crippen molar-refractivity contribution in [2.45, 2.75) is 39.3 Å². The number of aryl methyl sites for hydroxylation is 1. The molecule has 0 aliphatic carbocycles. The smallest absolute Gasteiger partial charge is 0.0746 e. The van der Waals surface area contributed by atoms with E-state index >= 15 is 0 Å². The summed E-state index contributed by atoms with van der Waals surface area (Å²) in [4.78, 5) is 1.37. The van der Waals surface area contributed by atoms with Crippen molar-refractivity contribution in [2.24, 2.45) is 0 Å². The van der Waals surface area contributed by atoms with Crippen molar-refractivity contribution < 1.29 is 0 Å². The topological polar surface area (TPSA) is 12.0 Å². The van der Waals surface area contributed by atoms with Crippen molar-refractivity contribution >= 4 is 11.3 Å². The molecule has 0 amide bonds. The van der Waals surface area contributed by atoms with E-state index in [-0.39, 0.29) is 5.54 Å². The third-order valence-electron chi connectivity index (χ3n) is 2.23. The van der Waals surface area contributed by atoms with Gasteiger partial charge in [-0.1, -0.05) is 5.92 Å². The van der Waals surface area contributed by atoms with Gasteiger partial charge in [0.1, 0.15) is 0 Å². The predicted octanol–water partition coefficient (Wildman–Crippen LogP) is 3.12. The Labute approximate surface area is 90.5 Å². The SMILES string of the molecule is C#CC(C)(C)NC(C)c1sccc1C. The van der Waals surface area contributed by atoms with E-state index in [0.29, 0.717) is 6.04 Å². The molecule has 1 aromatic rings. The van der Waals surface area contributed by atoms with Gasteiger partial charge in [-0.25, -0.2) is 0 Å². The monoisotopic (exact) mass is 207 g/mol. The quantitative estimate of drug-likeness (QED) is 0.751. The molecule has 0 bridgehead atoms. The van der Waals surface area contributed by atoms with Gasteiger partial charge in [-0.05, 0) is 44.7 Å². The fourth-order valence-corrected chi connectivity index (χ4v) is 2.41. The van der Waals surface area contributed by atoms with Gasteiger partial charge in [0.2, 0.25) is 0 Å². The first kappa shape index (κ1) is 11.3. The molecule has 0 saturated carbocycles. The summed E-state index contributed by atoms with van der Waals surface area (Å²) in [7, 11) is 0. The molecule has 1 aromatic heterocycles. The molecule has 0 aromatic carbocycles. The Bertz CT molecular complexity index is 343. The summed E-state index contributed by atoms with van der Waals surface area (Å²) in [5.41, 5.74) is 1.10. The third-order valence-corrected chi connectivity index (χ3v) is 3.43. The van der Waals surface area contributed by atoms with Gasteiger partial charge >= 0.3 is 0 Å². The zero-order chi connectivity index (χ0) is 10.8. The van der Waals surface area contributed by atoms with Crippen LogP contribution in [0.3, 0.4) is 0 Å². The summed E-state index contributed by atoms with van der Waals surface area (Å²) in [5, 5.41) is 5.54. The molecule has 1 atom stereocenters. The molecule has 0 saturated heterocycles. The molecule has 0 aliphatic heterocycles. The first-order valence-corrected chi connectivity index (χ1v) is 5.63. The lowest BCUT2D eigenvalue weighted by molar-refractivity contribution is 0.434. The highest BCUT2D eigenvalue weighted by Crippen LogP contribution is 2.24. The van der Waals surface area contributed by atoms with Gasteiger partial charge in [0.05, 0.1) is 5.54 Å². The molecule has 14 heavy (non-hydrogen) atoms. The van der Waals surface area contributed by atoms with Crippen LogP contribution in [0, 0.1) is 19.3 Å². The highest BCUT2D eigenvalue weighted by molar-refractivity contribution is 7.10. The molecule has 1 rings (SSSR count). The van der Waals surface area contributed by atoms with Gasteiger partial charge in [-0.15, -0.1) is 17.8 Å². The zero-order valence-electron chi connectivity index (χ0n) is 9.22. The summed E-state index contributed by atoms with van der Waals surface area (Å²) in [6.45, 7) is 8.32. The molecule has 2 heteroatoms. The van der Waals surface area contributed by atoms with Gasteiger partial charge < -0.3 is 0 Å². The van der Waals surface area contributed by atoms with Gasteiger partial charge in [0.15, 0.2) is 0 Å². The van der Waals surface area contributed by atoms with Crippen LogP contribution < -0.4 is 5.32 Å². The average molecular weight is 207 g/mol. The molecule has 1 N–H and O–H groups in total. The predicted molar refractivity (Wildman–Crippen MR) is 63.5 cm³/mol. The number of hydrogen-bond acceptors (Lipinski definition) is 2. The lowest BCUT2D eigenvalue weighted by atomic mass is 10.0. The zero-order valence-corrected chi connectivity index (χ0v) is 10.0. The maximum Gasteiger partial charge on any atom is 0.0746 e. The van der Waals surface area contributed by atoms with Crippen molar-refractivity contribution in [2.75, 3.05) is 0 Å². The van der Waals surface area contributed by atoms with Crippen molar-refractivity contribution in [1.29, 1.82) is 0 Å². The van der Waals surface area contributed by atoms with Crippen LogP contribution in [0.25, 0.3) is 0 Å². The highest BCUT2D eigenvalue weighted by Gasteiger charge is 2.19. The first-order chi connectivity index (χ1) is 6.46. The Kier molecular flexibility index (Phi) is 3.36. The second-order valence-electron chi connectivity index (χ2n) is 4.10. The van der Waals surface area contributed by atoms with E-state index in [1.54, 1.807) is 11.3 Å². The van der Waals surface area contributed by atoms with Crippen molar-refractivity contribution in [1.82, 2.24) is 5.32 Å². The van der Waals surface area contributed by atoms with Crippen molar-refractivity contribution in [3.63, 3.8) is 0 Å². The van der Waals surface area contributed by atoms with E-state index in [4.69, 9.17) is 6.42 Å². The number of rotatable bonds is 3. The summed E-state index contributed by atoms with van der Waals surface area (Å²) >= 11 is 1.78. The van der Waals surface area contributed by atoms with E-state index in [0.717, 1.165) is 0 Å². The number of terminal acetylenes is 1. The van der Waals surface area contributed by atoms with E-state index in [9.17, 15) is 0 Å².